The molecule has 2 aromatic carbocycles. The number of hydrogen-bond acceptors (Lipinski definition) is 5. The second-order valence-electron chi connectivity index (χ2n) is 9.19. The number of nitrogens with zero attached hydrogens (tertiary/aromatic N) is 4. The lowest BCUT2D eigenvalue weighted by Gasteiger charge is -2.30. The zero-order valence-corrected chi connectivity index (χ0v) is 21.4. The topological polar surface area (TPSA) is 68.1 Å². The summed E-state index contributed by atoms with van der Waals surface area (Å²) in [7, 11) is -3.40. The number of rotatable bonds is 10. The van der Waals surface area contributed by atoms with Crippen LogP contribution in [0.5, 0.6) is 0 Å². The van der Waals surface area contributed by atoms with Crippen LogP contribution in [0.1, 0.15) is 55.8 Å². The molecular formula is C27H32F2N4O2S. The lowest BCUT2D eigenvalue weighted by atomic mass is 9.88. The number of hydrogen-bond donors (Lipinski definition) is 0. The van der Waals surface area contributed by atoms with Gasteiger partial charge in [0.15, 0.2) is 0 Å². The second kappa shape index (κ2) is 11.9. The first-order valence-corrected chi connectivity index (χ1v) is 14.1. The molecule has 4 rings (SSSR count). The Morgan fingerprint density at radius 3 is 2.06 bits per heavy atom. The molecule has 0 atom stereocenters. The first kappa shape index (κ1) is 26.2. The van der Waals surface area contributed by atoms with Gasteiger partial charge in [0.05, 0.1) is 17.6 Å². The van der Waals surface area contributed by atoms with Crippen LogP contribution < -0.4 is 0 Å². The van der Waals surface area contributed by atoms with Gasteiger partial charge in [0, 0.05) is 13.1 Å². The first-order valence-electron chi connectivity index (χ1n) is 12.5. The molecule has 0 amide bonds. The maximum atomic E-state index is 13.5. The normalized spacial score (nSPS) is 14.8. The Bertz CT molecular complexity index is 1230. The fourth-order valence-electron chi connectivity index (χ4n) is 4.63. The molecule has 2 heterocycles. The van der Waals surface area contributed by atoms with E-state index in [4.69, 9.17) is 0 Å². The van der Waals surface area contributed by atoms with Gasteiger partial charge in [0.1, 0.15) is 11.6 Å². The van der Waals surface area contributed by atoms with Crippen LogP contribution in [0.15, 0.2) is 60.3 Å². The van der Waals surface area contributed by atoms with Crippen molar-refractivity contribution in [3.8, 4) is 0 Å². The van der Waals surface area contributed by atoms with Crippen LogP contribution in [0.25, 0.3) is 5.57 Å². The summed E-state index contributed by atoms with van der Waals surface area (Å²) < 4.78 is 52.2. The third-order valence-electron chi connectivity index (χ3n) is 6.50. The number of unbranched alkanes of at least 4 members (excludes halogenated alkanes) is 1. The largest absolute Gasteiger partial charge is 0.303 e. The molecule has 9 heteroatoms. The fourth-order valence-corrected chi connectivity index (χ4v) is 5.76. The molecule has 36 heavy (non-hydrogen) atoms. The summed E-state index contributed by atoms with van der Waals surface area (Å²) in [6.45, 7) is 4.62. The Morgan fingerprint density at radius 2 is 1.50 bits per heavy atom. The van der Waals surface area contributed by atoms with Crippen LogP contribution in [0.3, 0.4) is 0 Å². The highest BCUT2D eigenvalue weighted by Crippen LogP contribution is 2.32. The van der Waals surface area contributed by atoms with Gasteiger partial charge in [0.2, 0.25) is 0 Å². The van der Waals surface area contributed by atoms with Crippen molar-refractivity contribution < 1.29 is 17.2 Å². The van der Waals surface area contributed by atoms with Crippen LogP contribution in [0, 0.1) is 11.6 Å². The second-order valence-corrected chi connectivity index (χ2v) is 11.1. The molecular weight excluding hydrogens is 482 g/mol. The summed E-state index contributed by atoms with van der Waals surface area (Å²) in [5.74, 6) is -0.491. The van der Waals surface area contributed by atoms with E-state index in [2.05, 4.69) is 15.2 Å². The van der Waals surface area contributed by atoms with Crippen LogP contribution in [-0.4, -0.2) is 53.1 Å². The maximum Gasteiger partial charge on any atom is 0.255 e. The molecule has 1 fully saturated rings. The molecule has 6 nitrogen and oxygen atoms in total. The number of likely N-dealkylation sites (tertiary alicyclic amines) is 1. The SMILES string of the molecule is CCCS(=O)(=O)n1cc(CCCCN2CCC(=C(c3ccc(F)cc3)c3ccc(F)cc3)CC2)nn1. The highest BCUT2D eigenvalue weighted by molar-refractivity contribution is 7.89. The lowest BCUT2D eigenvalue weighted by molar-refractivity contribution is 0.252. The molecule has 0 saturated carbocycles. The predicted octanol–water partition coefficient (Wildman–Crippen LogP) is 5.06. The molecule has 0 bridgehead atoms. The summed E-state index contributed by atoms with van der Waals surface area (Å²) in [6.07, 6.45) is 6.44. The molecule has 192 valence electrons. The average molecular weight is 515 g/mol. The molecule has 0 radical (unpaired) electrons. The molecule has 1 aliphatic heterocycles. The van der Waals surface area contributed by atoms with Crippen LogP contribution in [-0.2, 0) is 16.4 Å². The van der Waals surface area contributed by atoms with E-state index in [0.29, 0.717) is 18.5 Å². The highest BCUT2D eigenvalue weighted by atomic mass is 32.2. The zero-order chi connectivity index (χ0) is 25.5. The Balaban J connectivity index is 1.33. The molecule has 0 N–H and O–H groups in total. The molecule has 0 spiro atoms. The Labute approximate surface area is 211 Å². The lowest BCUT2D eigenvalue weighted by Crippen LogP contribution is -2.32. The predicted molar refractivity (Wildman–Crippen MR) is 137 cm³/mol. The third-order valence-corrected chi connectivity index (χ3v) is 8.18. The monoisotopic (exact) mass is 514 g/mol. The molecule has 1 aromatic heterocycles. The molecule has 0 unspecified atom stereocenters. The van der Waals surface area contributed by atoms with E-state index in [1.165, 1.54) is 36.0 Å². The fraction of sp³-hybridized carbons (Fsp3) is 0.407. The van der Waals surface area contributed by atoms with Crippen molar-refractivity contribution in [2.45, 2.75) is 45.4 Å². The Hall–Kier alpha value is -2.91. The number of aromatic nitrogens is 3. The van der Waals surface area contributed by atoms with E-state index in [1.54, 1.807) is 24.3 Å². The maximum absolute atomic E-state index is 13.5. The summed E-state index contributed by atoms with van der Waals surface area (Å²) in [5.41, 5.74) is 4.95. The van der Waals surface area contributed by atoms with Gasteiger partial charge in [0.25, 0.3) is 10.0 Å². The van der Waals surface area contributed by atoms with Gasteiger partial charge in [-0.05, 0) is 86.0 Å². The standard InChI is InChI=1S/C27H32F2N4O2S/c1-2-19-36(34,35)33-20-26(30-31-33)5-3-4-16-32-17-14-23(15-18-32)27(21-6-10-24(28)11-7-21)22-8-12-25(29)13-9-22/h6-13,20H,2-5,14-19H2,1H3. The number of aryl methyl sites for hydroxylation is 1. The van der Waals surface area contributed by atoms with E-state index in [0.717, 1.165) is 66.1 Å². The molecule has 1 saturated heterocycles. The molecule has 1 aliphatic rings. The van der Waals surface area contributed by atoms with Gasteiger partial charge in [-0.25, -0.2) is 17.2 Å². The van der Waals surface area contributed by atoms with Crippen molar-refractivity contribution >= 4 is 15.6 Å². The first-order chi connectivity index (χ1) is 17.4. The van der Waals surface area contributed by atoms with Gasteiger partial charge >= 0.3 is 0 Å². The van der Waals surface area contributed by atoms with Crippen molar-refractivity contribution in [2.75, 3.05) is 25.4 Å². The van der Waals surface area contributed by atoms with E-state index < -0.39 is 10.0 Å². The van der Waals surface area contributed by atoms with Crippen molar-refractivity contribution in [2.24, 2.45) is 0 Å². The van der Waals surface area contributed by atoms with E-state index in [9.17, 15) is 17.2 Å². The zero-order valence-electron chi connectivity index (χ0n) is 20.5. The summed E-state index contributed by atoms with van der Waals surface area (Å²) >= 11 is 0. The minimum absolute atomic E-state index is 0.0607. The van der Waals surface area contributed by atoms with E-state index in [-0.39, 0.29) is 17.4 Å². The summed E-state index contributed by atoms with van der Waals surface area (Å²) in [6, 6.07) is 13.0. The van der Waals surface area contributed by atoms with Crippen LogP contribution in [0.2, 0.25) is 0 Å². The highest BCUT2D eigenvalue weighted by Gasteiger charge is 2.19. The molecule has 3 aromatic rings. The number of piperidine rings is 1. The van der Waals surface area contributed by atoms with Crippen LogP contribution >= 0.6 is 0 Å². The van der Waals surface area contributed by atoms with Gasteiger partial charge in [-0.3, -0.25) is 0 Å². The van der Waals surface area contributed by atoms with Crippen molar-refractivity contribution in [1.82, 2.24) is 19.3 Å². The van der Waals surface area contributed by atoms with Crippen molar-refractivity contribution in [1.29, 1.82) is 0 Å². The van der Waals surface area contributed by atoms with Gasteiger partial charge < -0.3 is 4.90 Å². The molecule has 0 aliphatic carbocycles. The van der Waals surface area contributed by atoms with Crippen molar-refractivity contribution in [3.05, 3.63) is 88.8 Å². The smallest absolute Gasteiger partial charge is 0.255 e. The quantitative estimate of drug-likeness (QED) is 0.354. The van der Waals surface area contributed by atoms with Gasteiger partial charge in [-0.1, -0.05) is 42.0 Å². The third kappa shape index (κ3) is 6.64. The number of halogens is 2. The van der Waals surface area contributed by atoms with E-state index in [1.807, 2.05) is 6.92 Å². The van der Waals surface area contributed by atoms with Crippen molar-refractivity contribution in [3.63, 3.8) is 0 Å². The number of benzene rings is 2. The van der Waals surface area contributed by atoms with Gasteiger partial charge in [-0.15, -0.1) is 9.19 Å². The minimum Gasteiger partial charge on any atom is -0.303 e. The van der Waals surface area contributed by atoms with E-state index >= 15 is 0 Å². The van der Waals surface area contributed by atoms with Gasteiger partial charge in [-0.2, -0.15) is 0 Å². The Morgan fingerprint density at radius 1 is 0.917 bits per heavy atom. The average Bonchev–Trinajstić information content (AvgIpc) is 3.35. The van der Waals surface area contributed by atoms with Crippen LogP contribution in [0.4, 0.5) is 8.78 Å². The summed E-state index contributed by atoms with van der Waals surface area (Å²) in [5, 5.41) is 7.79. The Kier molecular flexibility index (Phi) is 8.64. The minimum atomic E-state index is -3.40. The summed E-state index contributed by atoms with van der Waals surface area (Å²) in [4.78, 5) is 2.43.